The van der Waals surface area contributed by atoms with Gasteiger partial charge in [0.1, 0.15) is 6.10 Å². The number of aliphatic hydroxyl groups excluding tert-OH is 1. The number of benzene rings is 1. The van der Waals surface area contributed by atoms with E-state index in [1.807, 2.05) is 0 Å². The minimum atomic E-state index is -1.60. The van der Waals surface area contributed by atoms with Crippen molar-refractivity contribution in [3.63, 3.8) is 0 Å². The van der Waals surface area contributed by atoms with Crippen molar-refractivity contribution in [1.29, 1.82) is 0 Å². The van der Waals surface area contributed by atoms with Crippen LogP contribution in [-0.2, 0) is 16.0 Å². The molecular formula is C17H18O9. The van der Waals surface area contributed by atoms with Gasteiger partial charge < -0.3 is 25.2 Å². The molecule has 1 aromatic carbocycles. The zero-order valence-corrected chi connectivity index (χ0v) is 14.1. The predicted molar refractivity (Wildman–Crippen MR) is 87.4 cm³/mol. The second-order valence-corrected chi connectivity index (χ2v) is 5.63. The van der Waals surface area contributed by atoms with Crippen molar-refractivity contribution < 1.29 is 44.3 Å². The molecule has 0 spiro atoms. The summed E-state index contributed by atoms with van der Waals surface area (Å²) in [5.41, 5.74) is -1.77. The number of rotatable bonds is 8. The van der Waals surface area contributed by atoms with Crippen molar-refractivity contribution in [2.24, 2.45) is 0 Å². The van der Waals surface area contributed by atoms with Gasteiger partial charge in [0.2, 0.25) is 0 Å². The van der Waals surface area contributed by atoms with E-state index in [4.69, 9.17) is 14.9 Å². The van der Waals surface area contributed by atoms with Crippen LogP contribution in [0.1, 0.15) is 50.5 Å². The Morgan fingerprint density at radius 3 is 1.88 bits per heavy atom. The van der Waals surface area contributed by atoms with Crippen LogP contribution in [0.4, 0.5) is 0 Å². The molecule has 0 bridgehead atoms. The SMILES string of the molecule is C=C(C)C(=O)OC(C)C(O)Cc1cc(C(=O)O)c(C(=O)O)cc1C(=O)O. The molecule has 26 heavy (non-hydrogen) atoms. The summed E-state index contributed by atoms with van der Waals surface area (Å²) in [7, 11) is 0. The average Bonchev–Trinajstić information content (AvgIpc) is 2.53. The molecule has 0 aliphatic heterocycles. The first-order valence-corrected chi connectivity index (χ1v) is 7.37. The van der Waals surface area contributed by atoms with Gasteiger partial charge in [-0.25, -0.2) is 19.2 Å². The Balaban J connectivity index is 3.25. The molecule has 0 aliphatic carbocycles. The maximum atomic E-state index is 11.5. The number of carbonyl (C=O) groups excluding carboxylic acids is 1. The molecule has 0 amide bonds. The van der Waals surface area contributed by atoms with Crippen molar-refractivity contribution in [2.45, 2.75) is 32.5 Å². The number of ether oxygens (including phenoxy) is 1. The lowest BCUT2D eigenvalue weighted by molar-refractivity contribution is -0.148. The minimum Gasteiger partial charge on any atom is -0.478 e. The van der Waals surface area contributed by atoms with E-state index >= 15 is 0 Å². The molecule has 2 unspecified atom stereocenters. The van der Waals surface area contributed by atoms with Crippen LogP contribution in [0, 0.1) is 0 Å². The lowest BCUT2D eigenvalue weighted by Crippen LogP contribution is -2.31. The van der Waals surface area contributed by atoms with Crippen LogP contribution in [0.15, 0.2) is 24.3 Å². The number of hydrogen-bond donors (Lipinski definition) is 4. The second kappa shape index (κ2) is 8.26. The van der Waals surface area contributed by atoms with Crippen LogP contribution in [0.5, 0.6) is 0 Å². The van der Waals surface area contributed by atoms with Gasteiger partial charge in [-0.2, -0.15) is 0 Å². The molecule has 0 aromatic heterocycles. The maximum absolute atomic E-state index is 11.5. The number of hydrogen-bond acceptors (Lipinski definition) is 6. The predicted octanol–water partition coefficient (Wildman–Crippen LogP) is 1.19. The Morgan fingerprint density at radius 1 is 1.00 bits per heavy atom. The van der Waals surface area contributed by atoms with E-state index in [1.54, 1.807) is 0 Å². The first-order valence-electron chi connectivity index (χ1n) is 7.37. The third-order valence-electron chi connectivity index (χ3n) is 3.55. The van der Waals surface area contributed by atoms with E-state index in [9.17, 15) is 29.4 Å². The Bertz CT molecular complexity index is 779. The van der Waals surface area contributed by atoms with Gasteiger partial charge in [-0.05, 0) is 31.5 Å². The lowest BCUT2D eigenvalue weighted by Gasteiger charge is -2.20. The van der Waals surface area contributed by atoms with Crippen molar-refractivity contribution in [3.05, 3.63) is 46.5 Å². The van der Waals surface area contributed by atoms with Crippen LogP contribution in [0.25, 0.3) is 0 Å². The van der Waals surface area contributed by atoms with Crippen LogP contribution in [0.2, 0.25) is 0 Å². The highest BCUT2D eigenvalue weighted by Crippen LogP contribution is 2.21. The van der Waals surface area contributed by atoms with Crippen molar-refractivity contribution >= 4 is 23.9 Å². The van der Waals surface area contributed by atoms with Gasteiger partial charge in [0, 0.05) is 12.0 Å². The quantitative estimate of drug-likeness (QED) is 0.391. The summed E-state index contributed by atoms with van der Waals surface area (Å²) in [6, 6.07) is 1.60. The molecule has 0 aliphatic rings. The van der Waals surface area contributed by atoms with Crippen LogP contribution in [0.3, 0.4) is 0 Å². The number of aromatic carboxylic acids is 3. The fraction of sp³-hybridized carbons (Fsp3) is 0.294. The Labute approximate surface area is 148 Å². The van der Waals surface area contributed by atoms with Gasteiger partial charge in [0.05, 0.1) is 22.8 Å². The van der Waals surface area contributed by atoms with E-state index in [0.717, 1.165) is 12.1 Å². The lowest BCUT2D eigenvalue weighted by atomic mass is 9.93. The molecule has 0 heterocycles. The molecule has 140 valence electrons. The van der Waals surface area contributed by atoms with Crippen molar-refractivity contribution in [3.8, 4) is 0 Å². The van der Waals surface area contributed by atoms with E-state index in [2.05, 4.69) is 6.58 Å². The average molecular weight is 366 g/mol. The normalized spacial score (nSPS) is 12.7. The van der Waals surface area contributed by atoms with Crippen LogP contribution in [-0.4, -0.2) is 56.5 Å². The largest absolute Gasteiger partial charge is 0.478 e. The fourth-order valence-corrected chi connectivity index (χ4v) is 2.11. The fourth-order valence-electron chi connectivity index (χ4n) is 2.11. The number of carboxylic acid groups (broad SMARTS) is 3. The monoisotopic (exact) mass is 366 g/mol. The first kappa shape index (κ1) is 20.8. The standard InChI is InChI=1S/C17H18O9/c1-7(2)17(25)26-8(3)13(18)5-9-4-11(15(21)22)12(16(23)24)6-10(9)14(19)20/h4,6,8,13,18H,1,5H2,2-3H3,(H,19,20)(H,21,22)(H,23,24). The highest BCUT2D eigenvalue weighted by molar-refractivity contribution is 6.04. The molecule has 9 heteroatoms. The third kappa shape index (κ3) is 4.90. The van der Waals surface area contributed by atoms with Gasteiger partial charge in [0.25, 0.3) is 0 Å². The number of carboxylic acids is 3. The minimum absolute atomic E-state index is 0.106. The molecule has 4 N–H and O–H groups in total. The molecule has 2 atom stereocenters. The van der Waals surface area contributed by atoms with Gasteiger partial charge in [-0.15, -0.1) is 0 Å². The Kier molecular flexibility index (Phi) is 6.62. The highest BCUT2D eigenvalue weighted by atomic mass is 16.6. The summed E-state index contributed by atoms with van der Waals surface area (Å²) in [5, 5.41) is 37.6. The summed E-state index contributed by atoms with van der Waals surface area (Å²) in [5.74, 6) is -5.39. The molecule has 0 saturated carbocycles. The molecular weight excluding hydrogens is 348 g/mol. The van der Waals surface area contributed by atoms with Crippen molar-refractivity contribution in [1.82, 2.24) is 0 Å². The van der Waals surface area contributed by atoms with E-state index in [1.165, 1.54) is 13.8 Å². The van der Waals surface area contributed by atoms with Crippen LogP contribution >= 0.6 is 0 Å². The summed E-state index contributed by atoms with van der Waals surface area (Å²) in [4.78, 5) is 45.3. The zero-order valence-electron chi connectivity index (χ0n) is 14.1. The molecule has 1 aromatic rings. The second-order valence-electron chi connectivity index (χ2n) is 5.63. The number of aliphatic hydroxyl groups is 1. The molecule has 0 saturated heterocycles. The summed E-state index contributed by atoms with van der Waals surface area (Å²) >= 11 is 0. The number of esters is 1. The Hall–Kier alpha value is -3.20. The summed E-state index contributed by atoms with van der Waals surface area (Å²) < 4.78 is 4.94. The van der Waals surface area contributed by atoms with E-state index in [-0.39, 0.29) is 17.6 Å². The highest BCUT2D eigenvalue weighted by Gasteiger charge is 2.26. The summed E-state index contributed by atoms with van der Waals surface area (Å²) in [6.45, 7) is 6.17. The topological polar surface area (TPSA) is 158 Å². The zero-order chi connectivity index (χ0) is 20.2. The van der Waals surface area contributed by atoms with Gasteiger partial charge >= 0.3 is 23.9 Å². The van der Waals surface area contributed by atoms with Gasteiger partial charge in [-0.3, -0.25) is 0 Å². The van der Waals surface area contributed by atoms with E-state index < -0.39 is 52.8 Å². The maximum Gasteiger partial charge on any atom is 0.336 e. The molecule has 9 nitrogen and oxygen atoms in total. The van der Waals surface area contributed by atoms with E-state index in [0.29, 0.717) is 0 Å². The third-order valence-corrected chi connectivity index (χ3v) is 3.55. The van der Waals surface area contributed by atoms with Crippen molar-refractivity contribution in [2.75, 3.05) is 0 Å². The Morgan fingerprint density at radius 2 is 1.46 bits per heavy atom. The van der Waals surface area contributed by atoms with Gasteiger partial charge in [0.15, 0.2) is 0 Å². The van der Waals surface area contributed by atoms with Crippen LogP contribution < -0.4 is 0 Å². The smallest absolute Gasteiger partial charge is 0.336 e. The molecule has 0 radical (unpaired) electrons. The number of carbonyl (C=O) groups is 4. The molecule has 0 fully saturated rings. The first-order chi connectivity index (χ1) is 12.0. The van der Waals surface area contributed by atoms with Gasteiger partial charge in [-0.1, -0.05) is 6.58 Å². The molecule has 1 rings (SSSR count). The summed E-state index contributed by atoms with van der Waals surface area (Å²) in [6.07, 6.45) is -2.76.